The molecule has 3 heteroatoms. The molecule has 1 aromatic heterocycles. The summed E-state index contributed by atoms with van der Waals surface area (Å²) in [5.41, 5.74) is 1.75. The van der Waals surface area contributed by atoms with Crippen LogP contribution in [0.5, 0.6) is 0 Å². The molecule has 0 spiro atoms. The van der Waals surface area contributed by atoms with Crippen LogP contribution < -0.4 is 0 Å². The maximum absolute atomic E-state index is 10.5. The average Bonchev–Trinajstić information content (AvgIpc) is 2.42. The van der Waals surface area contributed by atoms with Crippen molar-refractivity contribution in [1.82, 2.24) is 4.98 Å². The van der Waals surface area contributed by atoms with Gasteiger partial charge in [-0.25, -0.2) is 0 Å². The van der Waals surface area contributed by atoms with Crippen molar-refractivity contribution in [2.24, 2.45) is 0 Å². The lowest BCUT2D eigenvalue weighted by atomic mass is 9.78. The number of halogens is 1. The molecule has 0 amide bonds. The number of rotatable bonds is 4. The van der Waals surface area contributed by atoms with Crippen LogP contribution in [0.4, 0.5) is 0 Å². The van der Waals surface area contributed by atoms with Gasteiger partial charge in [0.2, 0.25) is 0 Å². The molecule has 1 unspecified atom stereocenters. The van der Waals surface area contributed by atoms with Crippen LogP contribution in [0, 0.1) is 0 Å². The van der Waals surface area contributed by atoms with Gasteiger partial charge in [0.1, 0.15) is 0 Å². The molecular formula is C16H18BrNO. The number of hydrogen-bond acceptors (Lipinski definition) is 2. The predicted octanol–water partition coefficient (Wildman–Crippen LogP) is 3.73. The highest BCUT2D eigenvalue weighted by atomic mass is 79.9. The Bertz CT molecular complexity index is 522. The van der Waals surface area contributed by atoms with E-state index < -0.39 is 6.10 Å². The van der Waals surface area contributed by atoms with Crippen LogP contribution in [0.1, 0.15) is 25.1 Å². The van der Waals surface area contributed by atoms with Crippen molar-refractivity contribution in [3.05, 3.63) is 64.4 Å². The molecule has 0 aliphatic rings. The van der Waals surface area contributed by atoms with Gasteiger partial charge in [-0.15, -0.1) is 0 Å². The standard InChI is InChI=1S/C16H18BrNO/c1-16(2,12-6-4-3-5-7-12)15(19)10-14-9-8-13(17)11-18-14/h3-9,11,15,19H,10H2,1-2H3. The first kappa shape index (κ1) is 14.2. The topological polar surface area (TPSA) is 33.1 Å². The number of pyridine rings is 1. The molecule has 1 N–H and O–H groups in total. The normalized spacial score (nSPS) is 13.3. The summed E-state index contributed by atoms with van der Waals surface area (Å²) in [6, 6.07) is 14.0. The minimum atomic E-state index is -0.469. The monoisotopic (exact) mass is 319 g/mol. The van der Waals surface area contributed by atoms with Gasteiger partial charge in [-0.1, -0.05) is 44.2 Å². The second kappa shape index (κ2) is 5.85. The largest absolute Gasteiger partial charge is 0.392 e. The summed E-state index contributed by atoms with van der Waals surface area (Å²) in [5, 5.41) is 10.5. The molecule has 0 aliphatic carbocycles. The van der Waals surface area contributed by atoms with Gasteiger partial charge in [0.15, 0.2) is 0 Å². The number of aromatic nitrogens is 1. The van der Waals surface area contributed by atoms with E-state index in [4.69, 9.17) is 0 Å². The van der Waals surface area contributed by atoms with Gasteiger partial charge in [0, 0.05) is 28.2 Å². The third-order valence-electron chi connectivity index (χ3n) is 3.54. The van der Waals surface area contributed by atoms with Crippen molar-refractivity contribution in [3.8, 4) is 0 Å². The minimum absolute atomic E-state index is 0.296. The maximum Gasteiger partial charge on any atom is 0.0686 e. The molecule has 0 bridgehead atoms. The summed E-state index contributed by atoms with van der Waals surface area (Å²) in [7, 11) is 0. The quantitative estimate of drug-likeness (QED) is 0.931. The maximum atomic E-state index is 10.5. The molecule has 100 valence electrons. The molecule has 0 fully saturated rings. The van der Waals surface area contributed by atoms with E-state index in [1.165, 1.54) is 0 Å². The summed E-state index contributed by atoms with van der Waals surface area (Å²) < 4.78 is 0.952. The first-order valence-corrected chi connectivity index (χ1v) is 7.13. The first-order chi connectivity index (χ1) is 9.00. The molecule has 0 aliphatic heterocycles. The number of aliphatic hydroxyl groups is 1. The SMILES string of the molecule is CC(C)(c1ccccc1)C(O)Cc1ccc(Br)cn1. The highest BCUT2D eigenvalue weighted by Gasteiger charge is 2.29. The lowest BCUT2D eigenvalue weighted by Crippen LogP contribution is -2.35. The van der Waals surface area contributed by atoms with E-state index in [2.05, 4.69) is 46.9 Å². The summed E-state index contributed by atoms with van der Waals surface area (Å²) in [4.78, 5) is 4.32. The minimum Gasteiger partial charge on any atom is -0.392 e. The van der Waals surface area contributed by atoms with Gasteiger partial charge in [-0.05, 0) is 33.6 Å². The van der Waals surface area contributed by atoms with Crippen LogP contribution in [0.15, 0.2) is 53.1 Å². The van der Waals surface area contributed by atoms with E-state index >= 15 is 0 Å². The second-order valence-electron chi connectivity index (χ2n) is 5.28. The van der Waals surface area contributed by atoms with Crippen LogP contribution in [0.25, 0.3) is 0 Å². The summed E-state index contributed by atoms with van der Waals surface area (Å²) in [6.45, 7) is 4.12. The number of nitrogens with zero attached hydrogens (tertiary/aromatic N) is 1. The fourth-order valence-corrected chi connectivity index (χ4v) is 2.28. The zero-order valence-electron chi connectivity index (χ0n) is 11.2. The highest BCUT2D eigenvalue weighted by Crippen LogP contribution is 2.28. The number of aliphatic hydroxyl groups excluding tert-OH is 1. The molecule has 0 radical (unpaired) electrons. The van der Waals surface area contributed by atoms with Crippen LogP contribution in [-0.4, -0.2) is 16.2 Å². The van der Waals surface area contributed by atoms with Crippen LogP contribution >= 0.6 is 15.9 Å². The van der Waals surface area contributed by atoms with E-state index in [0.717, 1.165) is 15.7 Å². The summed E-state index contributed by atoms with van der Waals surface area (Å²) in [6.07, 6.45) is 1.84. The molecule has 1 aromatic carbocycles. The zero-order valence-corrected chi connectivity index (χ0v) is 12.8. The van der Waals surface area contributed by atoms with E-state index in [1.54, 1.807) is 6.20 Å². The first-order valence-electron chi connectivity index (χ1n) is 6.34. The van der Waals surface area contributed by atoms with Crippen molar-refractivity contribution in [2.75, 3.05) is 0 Å². The Balaban J connectivity index is 2.15. The van der Waals surface area contributed by atoms with Crippen LogP contribution in [0.3, 0.4) is 0 Å². The van der Waals surface area contributed by atoms with Crippen LogP contribution in [-0.2, 0) is 11.8 Å². The molecule has 2 rings (SSSR count). The van der Waals surface area contributed by atoms with Crippen molar-refractivity contribution < 1.29 is 5.11 Å². The molecule has 0 saturated heterocycles. The molecule has 2 aromatic rings. The predicted molar refractivity (Wildman–Crippen MR) is 81.1 cm³/mol. The van der Waals surface area contributed by atoms with Gasteiger partial charge in [0.05, 0.1) is 6.10 Å². The zero-order chi connectivity index (χ0) is 13.9. The summed E-state index contributed by atoms with van der Waals surface area (Å²) >= 11 is 3.36. The van der Waals surface area contributed by atoms with Gasteiger partial charge >= 0.3 is 0 Å². The molecule has 1 atom stereocenters. The van der Waals surface area contributed by atoms with Gasteiger partial charge in [-0.2, -0.15) is 0 Å². The van der Waals surface area contributed by atoms with E-state index in [1.807, 2.05) is 30.3 Å². The summed E-state index contributed by atoms with van der Waals surface area (Å²) in [5.74, 6) is 0. The lowest BCUT2D eigenvalue weighted by Gasteiger charge is -2.31. The third kappa shape index (κ3) is 3.43. The fraction of sp³-hybridized carbons (Fsp3) is 0.312. The molecule has 0 saturated carbocycles. The fourth-order valence-electron chi connectivity index (χ4n) is 2.04. The van der Waals surface area contributed by atoms with E-state index in [0.29, 0.717) is 6.42 Å². The molecular weight excluding hydrogens is 302 g/mol. The van der Waals surface area contributed by atoms with Crippen molar-refractivity contribution in [1.29, 1.82) is 0 Å². The van der Waals surface area contributed by atoms with Crippen molar-refractivity contribution in [3.63, 3.8) is 0 Å². The average molecular weight is 320 g/mol. The van der Waals surface area contributed by atoms with Crippen molar-refractivity contribution >= 4 is 15.9 Å². The Morgan fingerprint density at radius 1 is 1.16 bits per heavy atom. The van der Waals surface area contributed by atoms with Crippen LogP contribution in [0.2, 0.25) is 0 Å². The second-order valence-corrected chi connectivity index (χ2v) is 6.19. The Hall–Kier alpha value is -1.19. The van der Waals surface area contributed by atoms with E-state index in [-0.39, 0.29) is 5.41 Å². The molecule has 2 nitrogen and oxygen atoms in total. The third-order valence-corrected chi connectivity index (χ3v) is 4.01. The Kier molecular flexibility index (Phi) is 4.38. The number of hydrogen-bond donors (Lipinski definition) is 1. The van der Waals surface area contributed by atoms with E-state index in [9.17, 15) is 5.11 Å². The molecule has 19 heavy (non-hydrogen) atoms. The Labute approximate surface area is 122 Å². The highest BCUT2D eigenvalue weighted by molar-refractivity contribution is 9.10. The smallest absolute Gasteiger partial charge is 0.0686 e. The number of benzene rings is 1. The van der Waals surface area contributed by atoms with Gasteiger partial charge in [-0.3, -0.25) is 4.98 Å². The van der Waals surface area contributed by atoms with Gasteiger partial charge < -0.3 is 5.11 Å². The Morgan fingerprint density at radius 3 is 2.42 bits per heavy atom. The Morgan fingerprint density at radius 2 is 1.84 bits per heavy atom. The lowest BCUT2D eigenvalue weighted by molar-refractivity contribution is 0.0990. The molecule has 1 heterocycles. The van der Waals surface area contributed by atoms with Gasteiger partial charge in [0.25, 0.3) is 0 Å². The van der Waals surface area contributed by atoms with Crippen molar-refractivity contribution in [2.45, 2.75) is 31.8 Å².